The van der Waals surface area contributed by atoms with Gasteiger partial charge in [-0.1, -0.05) is 12.1 Å². The van der Waals surface area contributed by atoms with Gasteiger partial charge in [0.1, 0.15) is 5.78 Å². The Balaban J connectivity index is 2.18. The number of Topliss-reactive ketones (excluding diaryl/α,β-unsaturated/α-hetero) is 1. The molecule has 102 valence electrons. The minimum absolute atomic E-state index is 0.207. The van der Waals surface area contributed by atoms with Gasteiger partial charge in [0.15, 0.2) is 0 Å². The molecule has 0 spiro atoms. The molecular formula is C15H18O4. The van der Waals surface area contributed by atoms with Crippen molar-refractivity contribution in [2.75, 3.05) is 7.11 Å². The lowest BCUT2D eigenvalue weighted by molar-refractivity contribution is -0.149. The van der Waals surface area contributed by atoms with Gasteiger partial charge in [0, 0.05) is 12.8 Å². The van der Waals surface area contributed by atoms with Crippen molar-refractivity contribution in [1.29, 1.82) is 0 Å². The maximum absolute atomic E-state index is 11.7. The highest BCUT2D eigenvalue weighted by molar-refractivity contribution is 5.89. The summed E-state index contributed by atoms with van der Waals surface area (Å²) in [7, 11) is 1.35. The normalized spacial score (nSPS) is 22.1. The van der Waals surface area contributed by atoms with E-state index in [1.165, 1.54) is 7.11 Å². The number of carbonyl (C=O) groups excluding carboxylic acids is 2. The van der Waals surface area contributed by atoms with Gasteiger partial charge in [-0.05, 0) is 31.5 Å². The Morgan fingerprint density at radius 1 is 1.32 bits per heavy atom. The maximum atomic E-state index is 11.7. The van der Waals surface area contributed by atoms with Crippen molar-refractivity contribution in [3.05, 3.63) is 35.4 Å². The molecule has 1 aliphatic rings. The molecular weight excluding hydrogens is 244 g/mol. The molecule has 1 unspecified atom stereocenters. The third kappa shape index (κ3) is 3.20. The summed E-state index contributed by atoms with van der Waals surface area (Å²) in [5.41, 5.74) is 0.975. The van der Waals surface area contributed by atoms with Crippen LogP contribution in [0.25, 0.3) is 0 Å². The molecule has 1 aliphatic heterocycles. The van der Waals surface area contributed by atoms with Crippen molar-refractivity contribution in [2.24, 2.45) is 0 Å². The SMILES string of the molecule is COC(=O)c1ccc(C2CC(=O)CC(C)(C)O2)cc1. The number of ether oxygens (including phenoxy) is 2. The maximum Gasteiger partial charge on any atom is 0.337 e. The Bertz CT molecular complexity index is 487. The van der Waals surface area contributed by atoms with Crippen LogP contribution in [-0.4, -0.2) is 24.5 Å². The molecule has 0 N–H and O–H groups in total. The number of hydrogen-bond acceptors (Lipinski definition) is 4. The second kappa shape index (κ2) is 5.13. The summed E-state index contributed by atoms with van der Waals surface area (Å²) in [5, 5.41) is 0. The van der Waals surface area contributed by atoms with Crippen LogP contribution in [0, 0.1) is 0 Å². The van der Waals surface area contributed by atoms with E-state index in [4.69, 9.17) is 4.74 Å². The predicted molar refractivity (Wildman–Crippen MR) is 69.9 cm³/mol. The van der Waals surface area contributed by atoms with E-state index in [9.17, 15) is 9.59 Å². The number of methoxy groups -OCH3 is 1. The monoisotopic (exact) mass is 262 g/mol. The lowest BCUT2D eigenvalue weighted by Crippen LogP contribution is -2.36. The Hall–Kier alpha value is -1.68. The van der Waals surface area contributed by atoms with Gasteiger partial charge in [0.2, 0.25) is 0 Å². The second-order valence-electron chi connectivity index (χ2n) is 5.40. The zero-order valence-corrected chi connectivity index (χ0v) is 11.4. The lowest BCUT2D eigenvalue weighted by atomic mass is 9.91. The van der Waals surface area contributed by atoms with E-state index in [-0.39, 0.29) is 17.9 Å². The van der Waals surface area contributed by atoms with E-state index in [0.717, 1.165) is 5.56 Å². The standard InChI is InChI=1S/C15H18O4/c1-15(2)9-12(16)8-13(19-15)10-4-6-11(7-5-10)14(17)18-3/h4-7,13H,8-9H2,1-3H3. The minimum Gasteiger partial charge on any atom is -0.465 e. The largest absolute Gasteiger partial charge is 0.465 e. The smallest absolute Gasteiger partial charge is 0.337 e. The first-order valence-corrected chi connectivity index (χ1v) is 6.29. The molecule has 0 saturated carbocycles. The third-order valence-corrected chi connectivity index (χ3v) is 3.20. The van der Waals surface area contributed by atoms with E-state index >= 15 is 0 Å². The Labute approximate surface area is 112 Å². The van der Waals surface area contributed by atoms with Crippen LogP contribution in [-0.2, 0) is 14.3 Å². The van der Waals surface area contributed by atoms with E-state index in [1.807, 2.05) is 26.0 Å². The molecule has 4 nitrogen and oxygen atoms in total. The molecule has 0 radical (unpaired) electrons. The van der Waals surface area contributed by atoms with Gasteiger partial charge < -0.3 is 9.47 Å². The highest BCUT2D eigenvalue weighted by Gasteiger charge is 2.34. The highest BCUT2D eigenvalue weighted by atomic mass is 16.5. The van der Waals surface area contributed by atoms with Crippen LogP contribution in [0.5, 0.6) is 0 Å². The first kappa shape index (κ1) is 13.7. The fourth-order valence-electron chi connectivity index (χ4n) is 2.36. The van der Waals surface area contributed by atoms with Crippen LogP contribution in [0.2, 0.25) is 0 Å². The Kier molecular flexibility index (Phi) is 3.71. The van der Waals surface area contributed by atoms with Crippen molar-refractivity contribution in [3.8, 4) is 0 Å². The van der Waals surface area contributed by atoms with Crippen molar-refractivity contribution < 1.29 is 19.1 Å². The molecule has 1 atom stereocenters. The number of benzene rings is 1. The summed E-state index contributed by atoms with van der Waals surface area (Å²) >= 11 is 0. The van der Waals surface area contributed by atoms with E-state index in [0.29, 0.717) is 18.4 Å². The first-order valence-electron chi connectivity index (χ1n) is 6.29. The Morgan fingerprint density at radius 2 is 1.95 bits per heavy atom. The molecule has 1 heterocycles. The van der Waals surface area contributed by atoms with Gasteiger partial charge in [-0.15, -0.1) is 0 Å². The molecule has 1 aromatic carbocycles. The summed E-state index contributed by atoms with van der Waals surface area (Å²) in [6.07, 6.45) is 0.605. The summed E-state index contributed by atoms with van der Waals surface area (Å²) in [5.74, 6) is -0.161. The minimum atomic E-state index is -0.430. The number of esters is 1. The van der Waals surface area contributed by atoms with Crippen LogP contribution < -0.4 is 0 Å². The topological polar surface area (TPSA) is 52.6 Å². The van der Waals surface area contributed by atoms with Crippen molar-refractivity contribution in [1.82, 2.24) is 0 Å². The van der Waals surface area contributed by atoms with Gasteiger partial charge >= 0.3 is 5.97 Å². The van der Waals surface area contributed by atoms with Crippen molar-refractivity contribution in [3.63, 3.8) is 0 Å². The van der Waals surface area contributed by atoms with Crippen LogP contribution in [0.4, 0.5) is 0 Å². The molecule has 19 heavy (non-hydrogen) atoms. The molecule has 0 bridgehead atoms. The molecule has 2 rings (SSSR count). The average Bonchev–Trinajstić information content (AvgIpc) is 2.35. The number of rotatable bonds is 2. The quantitative estimate of drug-likeness (QED) is 0.769. The summed E-state index contributed by atoms with van der Waals surface area (Å²) in [4.78, 5) is 23.1. The molecule has 0 aliphatic carbocycles. The van der Waals surface area contributed by atoms with Gasteiger partial charge in [-0.2, -0.15) is 0 Å². The highest BCUT2D eigenvalue weighted by Crippen LogP contribution is 2.35. The van der Waals surface area contributed by atoms with E-state index < -0.39 is 5.60 Å². The van der Waals surface area contributed by atoms with Gasteiger partial charge in [-0.25, -0.2) is 4.79 Å². The zero-order valence-electron chi connectivity index (χ0n) is 11.4. The predicted octanol–water partition coefficient (Wildman–Crippen LogP) is 2.67. The molecule has 1 fully saturated rings. The summed E-state index contributed by atoms with van der Waals surface area (Å²) < 4.78 is 10.6. The number of carbonyl (C=O) groups is 2. The Morgan fingerprint density at radius 3 is 2.47 bits per heavy atom. The molecule has 4 heteroatoms. The molecule has 1 aromatic rings. The number of ketones is 1. The average molecular weight is 262 g/mol. The van der Waals surface area contributed by atoms with Crippen LogP contribution in [0.3, 0.4) is 0 Å². The fourth-order valence-corrected chi connectivity index (χ4v) is 2.36. The van der Waals surface area contributed by atoms with Crippen LogP contribution >= 0.6 is 0 Å². The molecule has 0 amide bonds. The van der Waals surface area contributed by atoms with Crippen molar-refractivity contribution >= 4 is 11.8 Å². The second-order valence-corrected chi connectivity index (χ2v) is 5.40. The molecule has 0 aromatic heterocycles. The van der Waals surface area contributed by atoms with Gasteiger partial charge in [0.05, 0.1) is 24.4 Å². The summed E-state index contributed by atoms with van der Waals surface area (Å²) in [6.45, 7) is 3.83. The fraction of sp³-hybridized carbons (Fsp3) is 0.467. The lowest BCUT2D eigenvalue weighted by Gasteiger charge is -2.35. The van der Waals surface area contributed by atoms with Crippen LogP contribution in [0.1, 0.15) is 48.7 Å². The van der Waals surface area contributed by atoms with E-state index in [1.54, 1.807) is 12.1 Å². The van der Waals surface area contributed by atoms with Gasteiger partial charge in [-0.3, -0.25) is 4.79 Å². The first-order chi connectivity index (χ1) is 8.91. The third-order valence-electron chi connectivity index (χ3n) is 3.20. The summed E-state index contributed by atoms with van der Waals surface area (Å²) in [6, 6.07) is 7.00. The van der Waals surface area contributed by atoms with E-state index in [2.05, 4.69) is 4.74 Å². The van der Waals surface area contributed by atoms with Crippen LogP contribution in [0.15, 0.2) is 24.3 Å². The van der Waals surface area contributed by atoms with Crippen molar-refractivity contribution in [2.45, 2.75) is 38.4 Å². The van der Waals surface area contributed by atoms with Gasteiger partial charge in [0.25, 0.3) is 0 Å². The molecule has 1 saturated heterocycles. The number of hydrogen-bond donors (Lipinski definition) is 0. The zero-order chi connectivity index (χ0) is 14.0.